The van der Waals surface area contributed by atoms with Crippen LogP contribution in [-0.4, -0.2) is 95.9 Å². The third-order valence-electron chi connectivity index (χ3n) is 19.0. The van der Waals surface area contributed by atoms with E-state index in [0.717, 1.165) is 167 Å². The van der Waals surface area contributed by atoms with Gasteiger partial charge in [-0.2, -0.15) is 0 Å². The van der Waals surface area contributed by atoms with Crippen molar-refractivity contribution in [3.8, 4) is 0 Å². The van der Waals surface area contributed by atoms with Gasteiger partial charge in [0.2, 0.25) is 0 Å². The summed E-state index contributed by atoms with van der Waals surface area (Å²) in [4.78, 5) is 58.9. The van der Waals surface area contributed by atoms with Crippen LogP contribution < -0.4 is 0 Å². The fraction of sp³-hybridized carbons (Fsp3) is 0.716. The summed E-state index contributed by atoms with van der Waals surface area (Å²) in [5, 5.41) is 20.7. The number of phosphoric ester groups is 2. The Kier molecular flexibility index (Phi) is 83.3. The summed E-state index contributed by atoms with van der Waals surface area (Å²) in [7, 11) is -9.81. The first-order valence-corrected chi connectivity index (χ1v) is 48.1. The monoisotopic (exact) mass is 1620 g/mol. The Balaban J connectivity index is 4.52. The standard InChI is InChI=1S/C95H164O16P2/c1-4-7-10-13-16-19-22-25-28-31-33-35-37-39-41-43-44-46-48-49-51-53-55-58-60-63-66-69-72-75-78-81-93(98)105-84-90(96)85-107-112(101,102)108-86-91(97)87-109-113(103,104)110-89-92(111-95(100)83-80-77-74-71-68-65-62-57-30-27-24-21-18-15-12-9-6-3)88-106-94(99)82-79-76-73-70-67-64-61-59-56-54-52-50-47-45-42-40-38-36-34-32-29-26-23-20-17-14-11-8-5-2/h8-9,11-12,16-21,25-30,33-36,39-42,90-92,96-97H,4-7,10,13-15,22-24,31-32,37-38,43-89H2,1-3H3,(H,101,102)(H,103,104)/b11-8-,12-9-,19-16-,20-17-,21-18-,28-25-,29-26-,30-27-,35-33-,36-34-,41-39-,42-40-. The van der Waals surface area contributed by atoms with Crippen molar-refractivity contribution in [1.29, 1.82) is 0 Å². The minimum atomic E-state index is -4.94. The first-order valence-electron chi connectivity index (χ1n) is 45.1. The summed E-state index contributed by atoms with van der Waals surface area (Å²) < 4.78 is 61.4. The molecule has 0 heterocycles. The summed E-state index contributed by atoms with van der Waals surface area (Å²) in [6.45, 7) is 2.47. The van der Waals surface area contributed by atoms with E-state index in [1.807, 2.05) is 0 Å². The molecule has 0 radical (unpaired) electrons. The number of hydrogen-bond acceptors (Lipinski definition) is 14. The molecule has 0 aromatic heterocycles. The number of esters is 3. The molecule has 0 saturated carbocycles. The van der Waals surface area contributed by atoms with Gasteiger partial charge in [-0.1, -0.05) is 366 Å². The lowest BCUT2D eigenvalue weighted by atomic mass is 10.0. The Morgan fingerprint density at radius 3 is 0.743 bits per heavy atom. The zero-order valence-corrected chi connectivity index (χ0v) is 73.3. The molecule has 0 fully saturated rings. The molecule has 0 amide bonds. The van der Waals surface area contributed by atoms with Gasteiger partial charge in [0.15, 0.2) is 6.10 Å². The Morgan fingerprint density at radius 2 is 0.469 bits per heavy atom. The van der Waals surface area contributed by atoms with Gasteiger partial charge in [0.25, 0.3) is 0 Å². The third-order valence-corrected chi connectivity index (χ3v) is 20.9. The largest absolute Gasteiger partial charge is 0.472 e. The molecular weight excluding hydrogens is 1460 g/mol. The number of aliphatic hydroxyl groups excluding tert-OH is 2. The SMILES string of the molecule is CC/C=C\C/C=C\C/C=C\C/C=C\C/C=C\CCCCCCCCCCCCCCCC(=O)OCC(COP(=O)(O)OCC(O)COP(=O)(O)OCC(O)COC(=O)CCCCCCCCCCCCCCCCC/C=C\C/C=C\C/C=C\C/C=C\CCCCC)OC(=O)CCCCCCCCC/C=C\C/C=C\C/C=C\CC. The maximum absolute atomic E-state index is 13.0. The lowest BCUT2D eigenvalue weighted by molar-refractivity contribution is -0.161. The van der Waals surface area contributed by atoms with Crippen molar-refractivity contribution in [2.75, 3.05) is 39.6 Å². The molecule has 0 aliphatic carbocycles. The number of ether oxygens (including phenoxy) is 3. The average Bonchev–Trinajstić information content (AvgIpc) is 0.897. The number of unbranched alkanes of at least 4 members (excludes halogenated alkanes) is 38. The van der Waals surface area contributed by atoms with Crippen molar-refractivity contribution in [2.45, 2.75) is 399 Å². The number of aliphatic hydroxyl groups is 2. The predicted octanol–water partition coefficient (Wildman–Crippen LogP) is 27.6. The molecule has 5 atom stereocenters. The van der Waals surface area contributed by atoms with Crippen molar-refractivity contribution in [3.05, 3.63) is 146 Å². The molecule has 0 aliphatic rings. The highest BCUT2D eigenvalue weighted by atomic mass is 31.2. The lowest BCUT2D eigenvalue weighted by Crippen LogP contribution is -2.30. The fourth-order valence-corrected chi connectivity index (χ4v) is 13.8. The fourth-order valence-electron chi connectivity index (χ4n) is 12.2. The second-order valence-corrected chi connectivity index (χ2v) is 32.9. The van der Waals surface area contributed by atoms with Crippen LogP contribution in [0.5, 0.6) is 0 Å². The smallest absolute Gasteiger partial charge is 0.463 e. The van der Waals surface area contributed by atoms with Crippen LogP contribution in [0.2, 0.25) is 0 Å². The van der Waals surface area contributed by atoms with Crippen LogP contribution in [0, 0.1) is 0 Å². The zero-order valence-electron chi connectivity index (χ0n) is 71.5. The molecular formula is C95H164O16P2. The zero-order chi connectivity index (χ0) is 82.2. The normalized spacial score (nSPS) is 14.5. The molecule has 5 unspecified atom stereocenters. The molecule has 0 aromatic rings. The minimum Gasteiger partial charge on any atom is -0.463 e. The van der Waals surface area contributed by atoms with E-state index < -0.39 is 91.5 Å². The van der Waals surface area contributed by atoms with Gasteiger partial charge in [-0.05, 0) is 141 Å². The maximum Gasteiger partial charge on any atom is 0.472 e. The van der Waals surface area contributed by atoms with Gasteiger partial charge in [-0.25, -0.2) is 9.13 Å². The number of phosphoric acid groups is 2. The summed E-state index contributed by atoms with van der Waals surface area (Å²) in [6.07, 6.45) is 109. The van der Waals surface area contributed by atoms with E-state index in [1.54, 1.807) is 0 Å². The number of allylic oxidation sites excluding steroid dienone is 24. The number of hydrogen-bond donors (Lipinski definition) is 4. The highest BCUT2D eigenvalue weighted by molar-refractivity contribution is 7.47. The van der Waals surface area contributed by atoms with Crippen LogP contribution >= 0.6 is 15.6 Å². The molecule has 18 heteroatoms. The number of carbonyl (C=O) groups excluding carboxylic acids is 3. The lowest BCUT2D eigenvalue weighted by Gasteiger charge is -2.21. The van der Waals surface area contributed by atoms with Gasteiger partial charge >= 0.3 is 33.6 Å². The van der Waals surface area contributed by atoms with E-state index in [0.29, 0.717) is 19.3 Å². The van der Waals surface area contributed by atoms with Gasteiger partial charge in [-0.3, -0.25) is 32.5 Å². The summed E-state index contributed by atoms with van der Waals surface area (Å²) >= 11 is 0. The molecule has 0 aliphatic heterocycles. The molecule has 16 nitrogen and oxygen atoms in total. The molecule has 0 rings (SSSR count). The van der Waals surface area contributed by atoms with Crippen molar-refractivity contribution < 1.29 is 75.8 Å². The third kappa shape index (κ3) is 88.1. The highest BCUT2D eigenvalue weighted by Gasteiger charge is 2.29. The van der Waals surface area contributed by atoms with E-state index >= 15 is 0 Å². The molecule has 4 N–H and O–H groups in total. The number of rotatable bonds is 85. The second kappa shape index (κ2) is 86.8. The van der Waals surface area contributed by atoms with Crippen LogP contribution in [0.15, 0.2) is 146 Å². The van der Waals surface area contributed by atoms with Gasteiger partial charge in [0.05, 0.1) is 26.4 Å². The Morgan fingerprint density at radius 1 is 0.257 bits per heavy atom. The van der Waals surface area contributed by atoms with Crippen LogP contribution in [0.4, 0.5) is 0 Å². The molecule has 0 bridgehead atoms. The van der Waals surface area contributed by atoms with E-state index in [2.05, 4.69) is 167 Å². The Hall–Kier alpha value is -4.57. The quantitative estimate of drug-likeness (QED) is 0.0146. The molecule has 0 aromatic carbocycles. The van der Waals surface area contributed by atoms with Gasteiger partial charge < -0.3 is 34.2 Å². The van der Waals surface area contributed by atoms with Gasteiger partial charge in [0.1, 0.15) is 25.4 Å². The molecule has 0 spiro atoms. The molecule has 0 saturated heterocycles. The van der Waals surface area contributed by atoms with Crippen LogP contribution in [-0.2, 0) is 55.8 Å². The predicted molar refractivity (Wildman–Crippen MR) is 473 cm³/mol. The topological polar surface area (TPSA) is 231 Å². The van der Waals surface area contributed by atoms with Crippen molar-refractivity contribution in [2.24, 2.45) is 0 Å². The number of carbonyl (C=O) groups is 3. The van der Waals surface area contributed by atoms with Crippen molar-refractivity contribution in [1.82, 2.24) is 0 Å². The summed E-state index contributed by atoms with van der Waals surface area (Å²) in [5.41, 5.74) is 0. The van der Waals surface area contributed by atoms with Gasteiger partial charge in [-0.15, -0.1) is 0 Å². The van der Waals surface area contributed by atoms with Crippen LogP contribution in [0.25, 0.3) is 0 Å². The second-order valence-electron chi connectivity index (χ2n) is 30.0. The van der Waals surface area contributed by atoms with Crippen LogP contribution in [0.3, 0.4) is 0 Å². The van der Waals surface area contributed by atoms with Crippen molar-refractivity contribution >= 4 is 33.6 Å². The van der Waals surface area contributed by atoms with E-state index in [4.69, 9.17) is 32.3 Å². The summed E-state index contributed by atoms with van der Waals surface area (Å²) in [6, 6.07) is 0. The Bertz CT molecular complexity index is 2630. The van der Waals surface area contributed by atoms with E-state index in [1.165, 1.54) is 154 Å². The van der Waals surface area contributed by atoms with Crippen LogP contribution in [0.1, 0.15) is 380 Å². The first kappa shape index (κ1) is 108. The maximum atomic E-state index is 13.0. The molecule has 113 heavy (non-hydrogen) atoms. The van der Waals surface area contributed by atoms with E-state index in [-0.39, 0.29) is 19.3 Å². The van der Waals surface area contributed by atoms with Gasteiger partial charge in [0, 0.05) is 19.3 Å². The molecule has 650 valence electrons. The highest BCUT2D eigenvalue weighted by Crippen LogP contribution is 2.45. The average molecular weight is 1620 g/mol. The Labute approximate surface area is 689 Å². The summed E-state index contributed by atoms with van der Waals surface area (Å²) in [5.74, 6) is -1.58. The van der Waals surface area contributed by atoms with Crippen molar-refractivity contribution in [3.63, 3.8) is 0 Å². The minimum absolute atomic E-state index is 0.0911. The van der Waals surface area contributed by atoms with E-state index in [9.17, 15) is 43.5 Å². The first-order chi connectivity index (χ1) is 55.2.